The van der Waals surface area contributed by atoms with E-state index >= 15 is 0 Å². The van der Waals surface area contributed by atoms with E-state index in [0.717, 1.165) is 5.56 Å². The first-order chi connectivity index (χ1) is 8.20. The van der Waals surface area contributed by atoms with E-state index in [2.05, 4.69) is 5.32 Å². The van der Waals surface area contributed by atoms with Crippen molar-refractivity contribution in [2.75, 3.05) is 5.73 Å². The maximum absolute atomic E-state index is 11.9. The summed E-state index contributed by atoms with van der Waals surface area (Å²) < 4.78 is 5.65. The van der Waals surface area contributed by atoms with E-state index in [1.807, 2.05) is 39.8 Å². The van der Waals surface area contributed by atoms with Crippen LogP contribution in [0.25, 0.3) is 0 Å². The SMILES string of the molecule is Cc1cccc(N)c1OC(C)C(=O)NC(C)(C)C. The summed E-state index contributed by atoms with van der Waals surface area (Å²) in [5.74, 6) is 0.430. The molecule has 0 heterocycles. The number of carbonyl (C=O) groups is 1. The van der Waals surface area contributed by atoms with Crippen molar-refractivity contribution in [3.8, 4) is 5.75 Å². The Balaban J connectivity index is 2.76. The molecule has 100 valence electrons. The van der Waals surface area contributed by atoms with E-state index < -0.39 is 6.10 Å². The third-order valence-electron chi connectivity index (χ3n) is 2.40. The van der Waals surface area contributed by atoms with Gasteiger partial charge in [-0.3, -0.25) is 4.79 Å². The molecule has 0 radical (unpaired) electrons. The van der Waals surface area contributed by atoms with Crippen LogP contribution in [0.1, 0.15) is 33.3 Å². The molecular weight excluding hydrogens is 228 g/mol. The highest BCUT2D eigenvalue weighted by Gasteiger charge is 2.21. The molecule has 0 saturated heterocycles. The molecule has 18 heavy (non-hydrogen) atoms. The zero-order chi connectivity index (χ0) is 13.9. The van der Waals surface area contributed by atoms with Crippen LogP contribution in [0.5, 0.6) is 5.75 Å². The number of rotatable bonds is 3. The average molecular weight is 250 g/mol. The van der Waals surface area contributed by atoms with Crippen molar-refractivity contribution < 1.29 is 9.53 Å². The van der Waals surface area contributed by atoms with Gasteiger partial charge in [0.05, 0.1) is 5.69 Å². The summed E-state index contributed by atoms with van der Waals surface area (Å²) in [6.07, 6.45) is -0.576. The van der Waals surface area contributed by atoms with Crippen LogP contribution in [0.15, 0.2) is 18.2 Å². The summed E-state index contributed by atoms with van der Waals surface area (Å²) in [6.45, 7) is 9.41. The van der Waals surface area contributed by atoms with Crippen molar-refractivity contribution in [2.24, 2.45) is 0 Å². The zero-order valence-electron chi connectivity index (χ0n) is 11.7. The van der Waals surface area contributed by atoms with Crippen molar-refractivity contribution in [1.29, 1.82) is 0 Å². The average Bonchev–Trinajstić information content (AvgIpc) is 2.21. The van der Waals surface area contributed by atoms with E-state index in [-0.39, 0.29) is 11.4 Å². The summed E-state index contributed by atoms with van der Waals surface area (Å²) in [7, 11) is 0. The Morgan fingerprint density at radius 3 is 2.50 bits per heavy atom. The number of nitrogens with one attached hydrogen (secondary N) is 1. The molecule has 0 aliphatic carbocycles. The standard InChI is InChI=1S/C14H22N2O2/c1-9-7-6-8-11(15)12(9)18-10(2)13(17)16-14(3,4)5/h6-8,10H,15H2,1-5H3,(H,16,17). The summed E-state index contributed by atoms with van der Waals surface area (Å²) in [4.78, 5) is 11.9. The predicted molar refractivity (Wildman–Crippen MR) is 73.6 cm³/mol. The number of amides is 1. The van der Waals surface area contributed by atoms with Crippen LogP contribution < -0.4 is 15.8 Å². The van der Waals surface area contributed by atoms with Gasteiger partial charge in [-0.15, -0.1) is 0 Å². The number of hydrogen-bond acceptors (Lipinski definition) is 3. The van der Waals surface area contributed by atoms with Crippen molar-refractivity contribution >= 4 is 11.6 Å². The molecule has 1 amide bonds. The summed E-state index contributed by atoms with van der Waals surface area (Å²) >= 11 is 0. The molecule has 4 heteroatoms. The Kier molecular flexibility index (Phi) is 4.22. The summed E-state index contributed by atoms with van der Waals surface area (Å²) in [5.41, 5.74) is 7.04. The smallest absolute Gasteiger partial charge is 0.261 e. The van der Waals surface area contributed by atoms with Gasteiger partial charge in [-0.05, 0) is 46.2 Å². The van der Waals surface area contributed by atoms with Gasteiger partial charge in [0, 0.05) is 5.54 Å². The van der Waals surface area contributed by atoms with Gasteiger partial charge in [0.1, 0.15) is 5.75 Å². The van der Waals surface area contributed by atoms with Crippen LogP contribution in [-0.2, 0) is 4.79 Å². The number of nitrogen functional groups attached to an aromatic ring is 1. The molecule has 4 nitrogen and oxygen atoms in total. The Morgan fingerprint density at radius 2 is 2.00 bits per heavy atom. The Labute approximate surface area is 109 Å². The third kappa shape index (κ3) is 3.95. The van der Waals surface area contributed by atoms with Gasteiger partial charge in [-0.2, -0.15) is 0 Å². The first-order valence-corrected chi connectivity index (χ1v) is 6.04. The number of hydrogen-bond donors (Lipinski definition) is 2. The number of nitrogens with two attached hydrogens (primary N) is 1. The molecule has 0 bridgehead atoms. The van der Waals surface area contributed by atoms with Crippen LogP contribution >= 0.6 is 0 Å². The molecule has 0 aromatic heterocycles. The monoisotopic (exact) mass is 250 g/mol. The first-order valence-electron chi connectivity index (χ1n) is 6.04. The fourth-order valence-electron chi connectivity index (χ4n) is 1.54. The topological polar surface area (TPSA) is 64.3 Å². The molecule has 0 fully saturated rings. The number of carbonyl (C=O) groups excluding carboxylic acids is 1. The highest BCUT2D eigenvalue weighted by Crippen LogP contribution is 2.26. The number of anilines is 1. The maximum atomic E-state index is 11.9. The van der Waals surface area contributed by atoms with E-state index in [0.29, 0.717) is 11.4 Å². The van der Waals surface area contributed by atoms with Gasteiger partial charge in [-0.1, -0.05) is 12.1 Å². The molecule has 3 N–H and O–H groups in total. The molecule has 1 unspecified atom stereocenters. The maximum Gasteiger partial charge on any atom is 0.261 e. The fourth-order valence-corrected chi connectivity index (χ4v) is 1.54. The van der Waals surface area contributed by atoms with Crippen LogP contribution in [0.4, 0.5) is 5.69 Å². The minimum absolute atomic E-state index is 0.148. The van der Waals surface area contributed by atoms with Gasteiger partial charge in [0.2, 0.25) is 0 Å². The molecule has 1 rings (SSSR count). The van der Waals surface area contributed by atoms with Gasteiger partial charge in [0.15, 0.2) is 6.10 Å². The molecule has 0 spiro atoms. The Morgan fingerprint density at radius 1 is 1.39 bits per heavy atom. The van der Waals surface area contributed by atoms with Crippen molar-refractivity contribution in [3.05, 3.63) is 23.8 Å². The van der Waals surface area contributed by atoms with Crippen LogP contribution in [-0.4, -0.2) is 17.6 Å². The van der Waals surface area contributed by atoms with Crippen molar-refractivity contribution in [1.82, 2.24) is 5.32 Å². The van der Waals surface area contributed by atoms with Crippen molar-refractivity contribution in [3.63, 3.8) is 0 Å². The van der Waals surface area contributed by atoms with Crippen molar-refractivity contribution in [2.45, 2.75) is 46.3 Å². The quantitative estimate of drug-likeness (QED) is 0.809. The largest absolute Gasteiger partial charge is 0.478 e. The second kappa shape index (κ2) is 5.29. The highest BCUT2D eigenvalue weighted by molar-refractivity contribution is 5.81. The van der Waals surface area contributed by atoms with E-state index in [9.17, 15) is 4.79 Å². The molecule has 0 saturated carbocycles. The zero-order valence-corrected chi connectivity index (χ0v) is 11.7. The predicted octanol–water partition coefficient (Wildman–Crippen LogP) is 2.26. The van der Waals surface area contributed by atoms with Crippen LogP contribution in [0.3, 0.4) is 0 Å². The number of benzene rings is 1. The molecule has 1 atom stereocenters. The summed E-state index contributed by atoms with van der Waals surface area (Å²) in [5, 5.41) is 2.87. The summed E-state index contributed by atoms with van der Waals surface area (Å²) in [6, 6.07) is 5.52. The molecule has 1 aromatic carbocycles. The van der Waals surface area contributed by atoms with Gasteiger partial charge in [0.25, 0.3) is 5.91 Å². The lowest BCUT2D eigenvalue weighted by molar-refractivity contribution is -0.128. The molecule has 0 aliphatic heterocycles. The van der Waals surface area contributed by atoms with E-state index in [1.54, 1.807) is 13.0 Å². The third-order valence-corrected chi connectivity index (χ3v) is 2.40. The second-order valence-corrected chi connectivity index (χ2v) is 5.49. The van der Waals surface area contributed by atoms with E-state index in [1.165, 1.54) is 0 Å². The number of para-hydroxylation sites is 1. The lowest BCUT2D eigenvalue weighted by atomic mass is 10.1. The minimum atomic E-state index is -0.576. The van der Waals surface area contributed by atoms with Gasteiger partial charge < -0.3 is 15.8 Å². The Bertz CT molecular complexity index is 416. The molecular formula is C14H22N2O2. The van der Waals surface area contributed by atoms with Crippen LogP contribution in [0, 0.1) is 6.92 Å². The first kappa shape index (κ1) is 14.4. The normalized spacial score (nSPS) is 12.9. The highest BCUT2D eigenvalue weighted by atomic mass is 16.5. The van der Waals surface area contributed by atoms with Gasteiger partial charge >= 0.3 is 0 Å². The lowest BCUT2D eigenvalue weighted by Crippen LogP contribution is -2.46. The van der Waals surface area contributed by atoms with Gasteiger partial charge in [-0.25, -0.2) is 0 Å². The molecule has 0 aliphatic rings. The second-order valence-electron chi connectivity index (χ2n) is 5.49. The Hall–Kier alpha value is -1.71. The van der Waals surface area contributed by atoms with Crippen LogP contribution in [0.2, 0.25) is 0 Å². The number of aryl methyl sites for hydroxylation is 1. The minimum Gasteiger partial charge on any atom is -0.478 e. The van der Waals surface area contributed by atoms with E-state index in [4.69, 9.17) is 10.5 Å². The lowest BCUT2D eigenvalue weighted by Gasteiger charge is -2.24. The fraction of sp³-hybridized carbons (Fsp3) is 0.500. The molecule has 1 aromatic rings. The number of ether oxygens (including phenoxy) is 1.